The van der Waals surface area contributed by atoms with Crippen LogP contribution in [0.1, 0.15) is 48.0 Å². The lowest BCUT2D eigenvalue weighted by atomic mass is 9.96. The van der Waals surface area contributed by atoms with Gasteiger partial charge >= 0.3 is 5.97 Å². The molecule has 0 radical (unpaired) electrons. The van der Waals surface area contributed by atoms with Crippen LogP contribution in [0.4, 0.5) is 0 Å². The van der Waals surface area contributed by atoms with Gasteiger partial charge in [-0.25, -0.2) is 9.79 Å². The van der Waals surface area contributed by atoms with Gasteiger partial charge < -0.3 is 9.30 Å². The second kappa shape index (κ2) is 10.9. The summed E-state index contributed by atoms with van der Waals surface area (Å²) in [7, 11) is 0. The molecule has 0 fully saturated rings. The first-order valence-electron chi connectivity index (χ1n) is 12.5. The predicted molar refractivity (Wildman–Crippen MR) is 165 cm³/mol. The van der Waals surface area contributed by atoms with E-state index in [-0.39, 0.29) is 12.2 Å². The Hall–Kier alpha value is -2.95. The number of esters is 1. The predicted octanol–water partition coefficient (Wildman–Crippen LogP) is 5.77. The van der Waals surface area contributed by atoms with E-state index in [2.05, 4.69) is 77.2 Å². The van der Waals surface area contributed by atoms with E-state index in [1.165, 1.54) is 20.5 Å². The summed E-state index contributed by atoms with van der Waals surface area (Å²) in [4.78, 5) is 32.2. The van der Waals surface area contributed by atoms with Gasteiger partial charge in [0.15, 0.2) is 4.80 Å². The molecule has 1 unspecified atom stereocenters. The lowest BCUT2D eigenvalue weighted by Gasteiger charge is -2.24. The topological polar surface area (TPSA) is 65.6 Å². The minimum Gasteiger partial charge on any atom is -0.463 e. The molecule has 4 aromatic rings. The third kappa shape index (κ3) is 5.05. The average Bonchev–Trinajstić information content (AvgIpc) is 3.35. The quantitative estimate of drug-likeness (QED) is 0.200. The summed E-state index contributed by atoms with van der Waals surface area (Å²) in [6.07, 6.45) is 1.92. The van der Waals surface area contributed by atoms with Crippen LogP contribution in [-0.4, -0.2) is 21.7 Å². The Morgan fingerprint density at radius 3 is 2.51 bits per heavy atom. The van der Waals surface area contributed by atoms with Gasteiger partial charge in [-0.1, -0.05) is 35.1 Å². The molecule has 0 bridgehead atoms. The van der Waals surface area contributed by atoms with Crippen molar-refractivity contribution in [3.05, 3.63) is 116 Å². The fourth-order valence-electron chi connectivity index (χ4n) is 4.99. The van der Waals surface area contributed by atoms with Crippen molar-refractivity contribution in [1.82, 2.24) is 9.13 Å². The highest BCUT2D eigenvalue weighted by molar-refractivity contribution is 14.1. The summed E-state index contributed by atoms with van der Waals surface area (Å²) in [6, 6.07) is 15.0. The van der Waals surface area contributed by atoms with E-state index < -0.39 is 12.0 Å². The summed E-state index contributed by atoms with van der Waals surface area (Å²) in [5.41, 5.74) is 6.81. The number of rotatable bonds is 5. The van der Waals surface area contributed by atoms with Crippen LogP contribution < -0.4 is 14.9 Å². The summed E-state index contributed by atoms with van der Waals surface area (Å²) in [6.45, 7) is 9.99. The van der Waals surface area contributed by atoms with E-state index >= 15 is 0 Å². The van der Waals surface area contributed by atoms with Gasteiger partial charge in [0.2, 0.25) is 0 Å². The number of thiazole rings is 1. The number of carbonyl (C=O) groups is 1. The standard InChI is InChI=1S/C30H27ClIN3O3S/c1-6-38-29(37)26-18(4)33-30-35(27(26)20-7-9-22(31)10-8-20)28(36)25(39-30)15-21-14-17(3)34(19(21)5)23-11-12-24(32)16(2)13-23/h7-15,27H,6H2,1-5H3/b25-15+. The molecule has 0 N–H and O–H groups in total. The third-order valence-corrected chi connectivity index (χ3v) is 9.30. The number of aryl methyl sites for hydroxylation is 2. The van der Waals surface area contributed by atoms with E-state index in [1.54, 1.807) is 30.5 Å². The Morgan fingerprint density at radius 1 is 1.13 bits per heavy atom. The zero-order valence-electron chi connectivity index (χ0n) is 22.2. The lowest BCUT2D eigenvalue weighted by Crippen LogP contribution is -2.39. The second-order valence-corrected chi connectivity index (χ2v) is 12.1. The molecule has 6 nitrogen and oxygen atoms in total. The first kappa shape index (κ1) is 27.6. The van der Waals surface area contributed by atoms with Crippen LogP contribution in [0.5, 0.6) is 0 Å². The molecule has 3 heterocycles. The highest BCUT2D eigenvalue weighted by atomic mass is 127. The molecule has 0 spiro atoms. The molecule has 0 amide bonds. The minimum absolute atomic E-state index is 0.206. The number of nitrogens with zero attached hydrogens (tertiary/aromatic N) is 3. The number of benzene rings is 2. The Kier molecular flexibility index (Phi) is 7.72. The number of hydrogen-bond acceptors (Lipinski definition) is 5. The van der Waals surface area contributed by atoms with Crippen molar-refractivity contribution in [1.29, 1.82) is 0 Å². The zero-order chi connectivity index (χ0) is 28.0. The van der Waals surface area contributed by atoms with E-state index in [4.69, 9.17) is 16.3 Å². The van der Waals surface area contributed by atoms with E-state index in [1.807, 2.05) is 18.2 Å². The van der Waals surface area contributed by atoms with Crippen LogP contribution in [0, 0.1) is 24.3 Å². The van der Waals surface area contributed by atoms with Gasteiger partial charge in [-0.3, -0.25) is 9.36 Å². The summed E-state index contributed by atoms with van der Waals surface area (Å²) in [5, 5.41) is 0.572. The maximum atomic E-state index is 13.9. The van der Waals surface area contributed by atoms with Crippen molar-refractivity contribution in [3.8, 4) is 5.69 Å². The van der Waals surface area contributed by atoms with Crippen molar-refractivity contribution in [2.75, 3.05) is 6.61 Å². The number of allylic oxidation sites excluding steroid dienone is 1. The highest BCUT2D eigenvalue weighted by Crippen LogP contribution is 2.31. The molecular weight excluding hydrogens is 645 g/mol. The average molecular weight is 672 g/mol. The largest absolute Gasteiger partial charge is 0.463 e. The molecule has 0 aliphatic carbocycles. The van der Waals surface area contributed by atoms with Crippen LogP contribution in [0.15, 0.2) is 69.6 Å². The molecule has 1 aliphatic rings. The summed E-state index contributed by atoms with van der Waals surface area (Å²) < 4.78 is 10.9. The van der Waals surface area contributed by atoms with Crippen LogP contribution in [-0.2, 0) is 9.53 Å². The van der Waals surface area contributed by atoms with Gasteiger partial charge in [-0.05, 0) is 116 Å². The molecular formula is C30H27ClIN3O3S. The van der Waals surface area contributed by atoms with E-state index in [9.17, 15) is 9.59 Å². The van der Waals surface area contributed by atoms with Gasteiger partial charge in [0.05, 0.1) is 28.5 Å². The Labute approximate surface area is 249 Å². The molecule has 1 aliphatic heterocycles. The number of ether oxygens (including phenoxy) is 1. The van der Waals surface area contributed by atoms with Gasteiger partial charge in [-0.15, -0.1) is 0 Å². The summed E-state index contributed by atoms with van der Waals surface area (Å²) in [5.74, 6) is -0.482. The van der Waals surface area contributed by atoms with Crippen molar-refractivity contribution in [2.24, 2.45) is 4.99 Å². The van der Waals surface area contributed by atoms with Gasteiger partial charge in [0.25, 0.3) is 5.56 Å². The van der Waals surface area contributed by atoms with Crippen LogP contribution in [0.3, 0.4) is 0 Å². The van der Waals surface area contributed by atoms with Gasteiger partial charge in [-0.2, -0.15) is 0 Å². The van der Waals surface area contributed by atoms with E-state index in [0.29, 0.717) is 25.6 Å². The Morgan fingerprint density at radius 2 is 1.85 bits per heavy atom. The fourth-order valence-corrected chi connectivity index (χ4v) is 6.49. The number of fused-ring (bicyclic) bond motifs is 1. The van der Waals surface area contributed by atoms with Crippen molar-refractivity contribution in [2.45, 2.75) is 40.7 Å². The smallest absolute Gasteiger partial charge is 0.338 e. The molecule has 9 heteroatoms. The maximum Gasteiger partial charge on any atom is 0.338 e. The molecule has 1 atom stereocenters. The first-order chi connectivity index (χ1) is 18.6. The molecule has 200 valence electrons. The monoisotopic (exact) mass is 671 g/mol. The van der Waals surface area contributed by atoms with Crippen LogP contribution >= 0.6 is 45.5 Å². The van der Waals surface area contributed by atoms with Crippen molar-refractivity contribution in [3.63, 3.8) is 0 Å². The fraction of sp³-hybridized carbons (Fsp3) is 0.233. The molecule has 2 aromatic heterocycles. The molecule has 0 saturated carbocycles. The molecule has 0 saturated heterocycles. The lowest BCUT2D eigenvalue weighted by molar-refractivity contribution is -0.139. The first-order valence-corrected chi connectivity index (χ1v) is 14.8. The zero-order valence-corrected chi connectivity index (χ0v) is 25.9. The minimum atomic E-state index is -0.665. The van der Waals surface area contributed by atoms with Gasteiger partial charge in [0, 0.05) is 25.7 Å². The number of carbonyl (C=O) groups excluding carboxylic acids is 1. The molecule has 2 aromatic carbocycles. The van der Waals surface area contributed by atoms with Crippen molar-refractivity contribution < 1.29 is 9.53 Å². The number of aromatic nitrogens is 2. The van der Waals surface area contributed by atoms with Crippen molar-refractivity contribution >= 4 is 57.6 Å². The molecule has 5 rings (SSSR count). The van der Waals surface area contributed by atoms with Gasteiger partial charge in [0.1, 0.15) is 0 Å². The van der Waals surface area contributed by atoms with Crippen LogP contribution in [0.2, 0.25) is 5.02 Å². The van der Waals surface area contributed by atoms with E-state index in [0.717, 1.165) is 28.2 Å². The second-order valence-electron chi connectivity index (χ2n) is 9.45. The maximum absolute atomic E-state index is 13.9. The molecule has 39 heavy (non-hydrogen) atoms. The number of hydrogen-bond donors (Lipinski definition) is 0. The Balaban J connectivity index is 1.68. The summed E-state index contributed by atoms with van der Waals surface area (Å²) >= 11 is 9.81. The Bertz CT molecular complexity index is 1830. The SMILES string of the molecule is CCOC(=O)C1=C(C)N=c2s/c(=C/c3cc(C)n(-c4ccc(I)c(C)c4)c3C)c(=O)n2C1c1ccc(Cl)cc1. The number of halogens is 2. The normalized spacial score (nSPS) is 15.4. The highest BCUT2D eigenvalue weighted by Gasteiger charge is 2.33. The van der Waals surface area contributed by atoms with Crippen LogP contribution in [0.25, 0.3) is 11.8 Å². The third-order valence-electron chi connectivity index (χ3n) is 6.86.